The second kappa shape index (κ2) is 8.97. The predicted octanol–water partition coefficient (Wildman–Crippen LogP) is 3.63. The van der Waals surface area contributed by atoms with Gasteiger partial charge < -0.3 is 10.2 Å². The van der Waals surface area contributed by atoms with Crippen molar-refractivity contribution in [3.63, 3.8) is 0 Å². The molecule has 0 saturated carbocycles. The van der Waals surface area contributed by atoms with Crippen LogP contribution >= 0.6 is 0 Å². The summed E-state index contributed by atoms with van der Waals surface area (Å²) in [5.41, 5.74) is 1.27. The van der Waals surface area contributed by atoms with E-state index in [0.717, 1.165) is 12.8 Å². The molecule has 0 fully saturated rings. The molecule has 0 atom stereocenters. The highest BCUT2D eigenvalue weighted by Crippen LogP contribution is 2.10. The molecule has 2 aromatic carbocycles. The highest BCUT2D eigenvalue weighted by molar-refractivity contribution is 5.99. The summed E-state index contributed by atoms with van der Waals surface area (Å²) in [4.78, 5) is 26.3. The van der Waals surface area contributed by atoms with Gasteiger partial charge in [-0.25, -0.2) is 4.39 Å². The molecule has 2 rings (SSSR count). The van der Waals surface area contributed by atoms with Crippen molar-refractivity contribution >= 4 is 11.8 Å². The van der Waals surface area contributed by atoms with Gasteiger partial charge in [-0.2, -0.15) is 0 Å². The molecule has 2 aromatic rings. The lowest BCUT2D eigenvalue weighted by Crippen LogP contribution is -2.28. The standard InChI is InChI=1S/C20H23FN2O2/c1-3-4-12-23(2)20(25)16-10-7-9-15(13-16)19(24)22-14-17-8-5-6-11-18(17)21/h5-11,13H,3-4,12,14H2,1-2H3,(H,22,24). The van der Waals surface area contributed by atoms with E-state index < -0.39 is 0 Å². The lowest BCUT2D eigenvalue weighted by molar-refractivity contribution is 0.0793. The summed E-state index contributed by atoms with van der Waals surface area (Å²) in [6, 6.07) is 12.9. The van der Waals surface area contributed by atoms with Gasteiger partial charge in [-0.1, -0.05) is 37.6 Å². The average Bonchev–Trinajstić information content (AvgIpc) is 2.64. The minimum atomic E-state index is -0.357. The van der Waals surface area contributed by atoms with E-state index in [4.69, 9.17) is 0 Å². The number of nitrogens with one attached hydrogen (secondary N) is 1. The molecule has 4 nitrogen and oxygen atoms in total. The van der Waals surface area contributed by atoms with Crippen LogP contribution in [0.2, 0.25) is 0 Å². The molecule has 0 heterocycles. The van der Waals surface area contributed by atoms with E-state index >= 15 is 0 Å². The molecular weight excluding hydrogens is 319 g/mol. The predicted molar refractivity (Wildman–Crippen MR) is 95.9 cm³/mol. The molecule has 1 N–H and O–H groups in total. The Morgan fingerprint density at radius 2 is 1.80 bits per heavy atom. The van der Waals surface area contributed by atoms with Gasteiger partial charge in [0.2, 0.25) is 0 Å². The summed E-state index contributed by atoms with van der Waals surface area (Å²) in [6.45, 7) is 2.85. The summed E-state index contributed by atoms with van der Waals surface area (Å²) < 4.78 is 13.6. The van der Waals surface area contributed by atoms with Crippen molar-refractivity contribution < 1.29 is 14.0 Å². The molecule has 0 aromatic heterocycles. The van der Waals surface area contributed by atoms with E-state index in [1.165, 1.54) is 6.07 Å². The van der Waals surface area contributed by atoms with Crippen molar-refractivity contribution in [1.82, 2.24) is 10.2 Å². The maximum atomic E-state index is 13.6. The number of amides is 2. The van der Waals surface area contributed by atoms with Gasteiger partial charge in [0, 0.05) is 36.8 Å². The first-order chi connectivity index (χ1) is 12.0. The van der Waals surface area contributed by atoms with Gasteiger partial charge in [0.05, 0.1) is 0 Å². The third kappa shape index (κ3) is 5.14. The number of benzene rings is 2. The monoisotopic (exact) mass is 342 g/mol. The number of hydrogen-bond donors (Lipinski definition) is 1. The van der Waals surface area contributed by atoms with Gasteiger partial charge in [0.15, 0.2) is 0 Å². The second-order valence-electron chi connectivity index (χ2n) is 5.94. The smallest absolute Gasteiger partial charge is 0.253 e. The summed E-state index contributed by atoms with van der Waals surface area (Å²) in [7, 11) is 1.75. The molecule has 0 aliphatic rings. The molecule has 0 unspecified atom stereocenters. The van der Waals surface area contributed by atoms with E-state index in [9.17, 15) is 14.0 Å². The van der Waals surface area contributed by atoms with Crippen LogP contribution in [0.3, 0.4) is 0 Å². The minimum Gasteiger partial charge on any atom is -0.348 e. The minimum absolute atomic E-state index is 0.0973. The number of rotatable bonds is 7. The highest BCUT2D eigenvalue weighted by Gasteiger charge is 2.14. The van der Waals surface area contributed by atoms with Crippen LogP contribution in [-0.2, 0) is 6.54 Å². The maximum Gasteiger partial charge on any atom is 0.253 e. The fraction of sp³-hybridized carbons (Fsp3) is 0.300. The van der Waals surface area contributed by atoms with E-state index in [-0.39, 0.29) is 24.2 Å². The molecule has 25 heavy (non-hydrogen) atoms. The van der Waals surface area contributed by atoms with E-state index in [1.807, 2.05) is 0 Å². The Kier molecular flexibility index (Phi) is 6.69. The van der Waals surface area contributed by atoms with Crippen LogP contribution in [0.5, 0.6) is 0 Å². The van der Waals surface area contributed by atoms with E-state index in [0.29, 0.717) is 23.2 Å². The Balaban J connectivity index is 2.03. The van der Waals surface area contributed by atoms with Gasteiger partial charge >= 0.3 is 0 Å². The topological polar surface area (TPSA) is 49.4 Å². The van der Waals surface area contributed by atoms with Crippen molar-refractivity contribution in [3.8, 4) is 0 Å². The van der Waals surface area contributed by atoms with Crippen molar-refractivity contribution in [1.29, 1.82) is 0 Å². The summed E-state index contributed by atoms with van der Waals surface area (Å²) in [6.07, 6.45) is 1.95. The molecule has 132 valence electrons. The quantitative estimate of drug-likeness (QED) is 0.835. The Hall–Kier alpha value is -2.69. The zero-order chi connectivity index (χ0) is 18.2. The van der Waals surface area contributed by atoms with Crippen LogP contribution < -0.4 is 5.32 Å². The van der Waals surface area contributed by atoms with Gasteiger partial charge in [0.25, 0.3) is 11.8 Å². The van der Waals surface area contributed by atoms with Crippen molar-refractivity contribution in [2.45, 2.75) is 26.3 Å². The Morgan fingerprint density at radius 3 is 2.52 bits per heavy atom. The Labute approximate surface area is 147 Å². The SMILES string of the molecule is CCCCN(C)C(=O)c1cccc(C(=O)NCc2ccccc2F)c1. The Morgan fingerprint density at radius 1 is 1.08 bits per heavy atom. The first-order valence-corrected chi connectivity index (χ1v) is 8.40. The van der Waals surface area contributed by atoms with E-state index in [2.05, 4.69) is 12.2 Å². The zero-order valence-electron chi connectivity index (χ0n) is 14.6. The van der Waals surface area contributed by atoms with Crippen molar-refractivity contribution in [3.05, 3.63) is 71.0 Å². The van der Waals surface area contributed by atoms with Crippen LogP contribution in [-0.4, -0.2) is 30.3 Å². The van der Waals surface area contributed by atoms with E-state index in [1.54, 1.807) is 54.4 Å². The molecular formula is C20H23FN2O2. The number of hydrogen-bond acceptors (Lipinski definition) is 2. The number of unbranched alkanes of at least 4 members (excludes halogenated alkanes) is 1. The van der Waals surface area contributed by atoms with Crippen LogP contribution in [0.15, 0.2) is 48.5 Å². The lowest BCUT2D eigenvalue weighted by Gasteiger charge is -2.17. The molecule has 0 bridgehead atoms. The van der Waals surface area contributed by atoms with Crippen LogP contribution in [0.1, 0.15) is 46.0 Å². The van der Waals surface area contributed by atoms with Crippen LogP contribution in [0.4, 0.5) is 4.39 Å². The van der Waals surface area contributed by atoms with Gasteiger partial charge in [-0.05, 0) is 30.7 Å². The largest absolute Gasteiger partial charge is 0.348 e. The van der Waals surface area contributed by atoms with Gasteiger partial charge in [0.1, 0.15) is 5.82 Å². The van der Waals surface area contributed by atoms with Gasteiger partial charge in [-0.15, -0.1) is 0 Å². The molecule has 0 aliphatic heterocycles. The molecule has 0 aliphatic carbocycles. The number of carbonyl (C=O) groups excluding carboxylic acids is 2. The lowest BCUT2D eigenvalue weighted by atomic mass is 10.1. The zero-order valence-corrected chi connectivity index (χ0v) is 14.6. The molecule has 2 amide bonds. The number of nitrogens with zero attached hydrogens (tertiary/aromatic N) is 1. The molecule has 5 heteroatoms. The fourth-order valence-electron chi connectivity index (χ4n) is 2.43. The first-order valence-electron chi connectivity index (χ1n) is 8.40. The average molecular weight is 342 g/mol. The molecule has 0 spiro atoms. The highest BCUT2D eigenvalue weighted by atomic mass is 19.1. The maximum absolute atomic E-state index is 13.6. The van der Waals surface area contributed by atoms with Gasteiger partial charge in [-0.3, -0.25) is 9.59 Å². The third-order valence-electron chi connectivity index (χ3n) is 3.96. The number of halogens is 1. The fourth-order valence-corrected chi connectivity index (χ4v) is 2.43. The second-order valence-corrected chi connectivity index (χ2v) is 5.94. The normalized spacial score (nSPS) is 10.4. The van der Waals surface area contributed by atoms with Crippen molar-refractivity contribution in [2.24, 2.45) is 0 Å². The molecule has 0 radical (unpaired) electrons. The molecule has 0 saturated heterocycles. The Bertz CT molecular complexity index is 746. The summed E-state index contributed by atoms with van der Waals surface area (Å²) in [5.74, 6) is -0.810. The van der Waals surface area contributed by atoms with Crippen molar-refractivity contribution in [2.75, 3.05) is 13.6 Å². The summed E-state index contributed by atoms with van der Waals surface area (Å²) in [5, 5.41) is 2.68. The van der Waals surface area contributed by atoms with Crippen LogP contribution in [0.25, 0.3) is 0 Å². The van der Waals surface area contributed by atoms with Crippen LogP contribution in [0, 0.1) is 5.82 Å². The number of carbonyl (C=O) groups is 2. The summed E-state index contributed by atoms with van der Waals surface area (Å²) >= 11 is 0. The third-order valence-corrected chi connectivity index (χ3v) is 3.96. The first kappa shape index (κ1) is 18.6.